The van der Waals surface area contributed by atoms with E-state index in [-0.39, 0.29) is 17.9 Å². The molecule has 4 aromatic rings. The van der Waals surface area contributed by atoms with Gasteiger partial charge in [-0.05, 0) is 55.5 Å². The van der Waals surface area contributed by atoms with Crippen LogP contribution in [0.15, 0.2) is 54.0 Å². The first-order valence-electron chi connectivity index (χ1n) is 11.1. The van der Waals surface area contributed by atoms with Gasteiger partial charge in [0.15, 0.2) is 4.96 Å². The molecule has 33 heavy (non-hydrogen) atoms. The van der Waals surface area contributed by atoms with E-state index in [0.717, 1.165) is 28.2 Å². The Hall–Kier alpha value is -3.45. The predicted octanol–water partition coefficient (Wildman–Crippen LogP) is 4.63. The molecule has 1 atom stereocenters. The molecule has 7 heteroatoms. The van der Waals surface area contributed by atoms with Gasteiger partial charge in [0.1, 0.15) is 5.69 Å². The molecule has 1 saturated heterocycles. The minimum Gasteiger partial charge on any atom is -0.349 e. The average Bonchev–Trinajstić information content (AvgIpc) is 3.38. The number of likely N-dealkylation sites (tertiary alicyclic amines) is 1. The molecular weight excluding hydrogens is 432 g/mol. The Morgan fingerprint density at radius 3 is 2.70 bits per heavy atom. The lowest BCUT2D eigenvalue weighted by Crippen LogP contribution is -2.56. The molecule has 0 bridgehead atoms. The quantitative estimate of drug-likeness (QED) is 0.474. The topological polar surface area (TPSA) is 66.7 Å². The van der Waals surface area contributed by atoms with Crippen molar-refractivity contribution in [3.8, 4) is 11.1 Å². The second-order valence-corrected chi connectivity index (χ2v) is 9.47. The van der Waals surface area contributed by atoms with Crippen molar-refractivity contribution in [3.05, 3.63) is 82.1 Å². The third kappa shape index (κ3) is 3.82. The normalized spacial score (nSPS) is 15.5. The Morgan fingerprint density at radius 1 is 1.12 bits per heavy atom. The smallest absolute Gasteiger partial charge is 0.270 e. The first-order valence-corrected chi connectivity index (χ1v) is 12.0. The molecule has 2 amide bonds. The molecule has 168 valence electrons. The van der Waals surface area contributed by atoms with Gasteiger partial charge in [0.25, 0.3) is 11.8 Å². The second kappa shape index (κ2) is 8.48. The lowest BCUT2D eigenvalue weighted by molar-refractivity contribution is 0.0456. The van der Waals surface area contributed by atoms with Crippen molar-refractivity contribution in [3.63, 3.8) is 0 Å². The molecule has 0 radical (unpaired) electrons. The van der Waals surface area contributed by atoms with Crippen LogP contribution in [0.4, 0.5) is 0 Å². The number of thiazole rings is 1. The number of carbonyl (C=O) groups excluding carboxylic acids is 2. The van der Waals surface area contributed by atoms with Crippen LogP contribution >= 0.6 is 11.3 Å². The van der Waals surface area contributed by atoms with E-state index in [0.29, 0.717) is 24.3 Å². The maximum absolute atomic E-state index is 13.4. The van der Waals surface area contributed by atoms with Gasteiger partial charge in [0.05, 0.1) is 12.2 Å². The molecular formula is C26H26N4O2S. The zero-order chi connectivity index (χ0) is 23.1. The summed E-state index contributed by atoms with van der Waals surface area (Å²) in [5.74, 6) is -0.159. The molecule has 1 N–H and O–H groups in total. The Kier molecular flexibility index (Phi) is 5.50. The summed E-state index contributed by atoms with van der Waals surface area (Å²) in [5, 5.41) is 4.99. The molecule has 0 aliphatic carbocycles. The van der Waals surface area contributed by atoms with E-state index >= 15 is 0 Å². The number of nitrogens with one attached hydrogen (secondary N) is 1. The van der Waals surface area contributed by atoms with E-state index in [1.807, 2.05) is 45.9 Å². The van der Waals surface area contributed by atoms with Crippen LogP contribution in [0.3, 0.4) is 0 Å². The second-order valence-electron chi connectivity index (χ2n) is 8.63. The number of hydrogen-bond acceptors (Lipinski definition) is 4. The summed E-state index contributed by atoms with van der Waals surface area (Å²) in [5.41, 5.74) is 6.63. The van der Waals surface area contributed by atoms with Crippen LogP contribution in [-0.4, -0.2) is 45.2 Å². The third-order valence-corrected chi connectivity index (χ3v) is 7.49. The maximum atomic E-state index is 13.4. The van der Waals surface area contributed by atoms with Crippen molar-refractivity contribution in [2.24, 2.45) is 0 Å². The molecule has 0 saturated carbocycles. The lowest BCUT2D eigenvalue weighted by Gasteiger charge is -2.41. The first kappa shape index (κ1) is 21.4. The SMILES string of the molecule is Cc1ccc(-c2ccccc2C(=O)N2CC[C@H]2CNC(=O)c2cnc3scc(C)n23)cc1C. The molecule has 3 heterocycles. The van der Waals surface area contributed by atoms with E-state index < -0.39 is 0 Å². The van der Waals surface area contributed by atoms with Gasteiger partial charge in [-0.1, -0.05) is 36.4 Å². The van der Waals surface area contributed by atoms with E-state index in [1.54, 1.807) is 6.20 Å². The minimum atomic E-state index is -0.168. The predicted molar refractivity (Wildman–Crippen MR) is 131 cm³/mol. The lowest BCUT2D eigenvalue weighted by atomic mass is 9.94. The number of aryl methyl sites for hydroxylation is 3. The number of hydrogen-bond donors (Lipinski definition) is 1. The summed E-state index contributed by atoms with van der Waals surface area (Å²) >= 11 is 1.51. The summed E-state index contributed by atoms with van der Waals surface area (Å²) in [6.07, 6.45) is 2.48. The van der Waals surface area contributed by atoms with Crippen LogP contribution in [0, 0.1) is 20.8 Å². The Labute approximate surface area is 196 Å². The van der Waals surface area contributed by atoms with Gasteiger partial charge < -0.3 is 10.2 Å². The zero-order valence-electron chi connectivity index (χ0n) is 19.0. The van der Waals surface area contributed by atoms with Crippen LogP contribution < -0.4 is 5.32 Å². The fourth-order valence-electron chi connectivity index (χ4n) is 4.32. The molecule has 0 unspecified atom stereocenters. The summed E-state index contributed by atoms with van der Waals surface area (Å²) in [7, 11) is 0. The monoisotopic (exact) mass is 458 g/mol. The summed E-state index contributed by atoms with van der Waals surface area (Å²) in [6, 6.07) is 14.0. The fourth-order valence-corrected chi connectivity index (χ4v) is 5.16. The van der Waals surface area contributed by atoms with Gasteiger partial charge >= 0.3 is 0 Å². The van der Waals surface area contributed by atoms with Crippen molar-refractivity contribution in [2.45, 2.75) is 33.2 Å². The van der Waals surface area contributed by atoms with E-state index in [4.69, 9.17) is 0 Å². The van der Waals surface area contributed by atoms with Gasteiger partial charge in [-0.15, -0.1) is 11.3 Å². The Bertz CT molecular complexity index is 1370. The van der Waals surface area contributed by atoms with Crippen LogP contribution in [0.5, 0.6) is 0 Å². The van der Waals surface area contributed by atoms with Crippen LogP contribution in [-0.2, 0) is 0 Å². The summed E-state index contributed by atoms with van der Waals surface area (Å²) in [6.45, 7) is 7.25. The zero-order valence-corrected chi connectivity index (χ0v) is 19.8. The number of amides is 2. The number of aromatic nitrogens is 2. The highest BCUT2D eigenvalue weighted by atomic mass is 32.1. The molecule has 5 rings (SSSR count). The van der Waals surface area contributed by atoms with Crippen LogP contribution in [0.2, 0.25) is 0 Å². The highest BCUT2D eigenvalue weighted by Crippen LogP contribution is 2.29. The fraction of sp³-hybridized carbons (Fsp3) is 0.269. The van der Waals surface area contributed by atoms with Crippen LogP contribution in [0.1, 0.15) is 44.1 Å². The molecule has 2 aromatic heterocycles. The van der Waals surface area contributed by atoms with Crippen molar-refractivity contribution in [1.82, 2.24) is 19.6 Å². The first-order chi connectivity index (χ1) is 15.9. The highest BCUT2D eigenvalue weighted by Gasteiger charge is 2.34. The van der Waals surface area contributed by atoms with Crippen LogP contribution in [0.25, 0.3) is 16.1 Å². The average molecular weight is 459 g/mol. The largest absolute Gasteiger partial charge is 0.349 e. The minimum absolute atomic E-state index is 0.00903. The van der Waals surface area contributed by atoms with Gasteiger partial charge in [-0.3, -0.25) is 14.0 Å². The number of nitrogens with zero attached hydrogens (tertiary/aromatic N) is 3. The number of carbonyl (C=O) groups is 2. The van der Waals surface area contributed by atoms with Crippen molar-refractivity contribution in [1.29, 1.82) is 0 Å². The standard InChI is InChI=1S/C26H26N4O2S/c1-16-8-9-19(12-17(16)2)21-6-4-5-7-22(21)25(32)29-11-10-20(29)13-27-24(31)23-14-28-26-30(23)18(3)15-33-26/h4-9,12,14-15,20H,10-11,13H2,1-3H3,(H,27,31)/t20-/m0/s1. The Morgan fingerprint density at radius 2 is 1.94 bits per heavy atom. The van der Waals surface area contributed by atoms with E-state index in [9.17, 15) is 9.59 Å². The molecule has 0 spiro atoms. The van der Waals surface area contributed by atoms with Crippen molar-refractivity contribution in [2.75, 3.05) is 13.1 Å². The maximum Gasteiger partial charge on any atom is 0.270 e. The number of rotatable bonds is 5. The summed E-state index contributed by atoms with van der Waals surface area (Å²) < 4.78 is 1.86. The molecule has 1 aliphatic heterocycles. The number of benzene rings is 2. The molecule has 6 nitrogen and oxygen atoms in total. The summed E-state index contributed by atoms with van der Waals surface area (Å²) in [4.78, 5) is 33.2. The van der Waals surface area contributed by atoms with E-state index in [1.165, 1.54) is 22.5 Å². The Balaban J connectivity index is 1.31. The van der Waals surface area contributed by atoms with Gasteiger partial charge in [-0.2, -0.15) is 0 Å². The van der Waals surface area contributed by atoms with Gasteiger partial charge in [0, 0.05) is 29.7 Å². The van der Waals surface area contributed by atoms with E-state index in [2.05, 4.69) is 42.3 Å². The van der Waals surface area contributed by atoms with Crippen molar-refractivity contribution < 1.29 is 9.59 Å². The molecule has 1 aliphatic rings. The molecule has 1 fully saturated rings. The number of fused-ring (bicyclic) bond motifs is 1. The molecule has 2 aromatic carbocycles. The highest BCUT2D eigenvalue weighted by molar-refractivity contribution is 7.15. The number of imidazole rings is 1. The van der Waals surface area contributed by atoms with Gasteiger partial charge in [-0.25, -0.2) is 4.98 Å². The third-order valence-electron chi connectivity index (χ3n) is 6.53. The van der Waals surface area contributed by atoms with Gasteiger partial charge in [0.2, 0.25) is 0 Å². The van der Waals surface area contributed by atoms with Crippen molar-refractivity contribution >= 4 is 28.1 Å².